The number of hydrogen-bond acceptors (Lipinski definition) is 9. The predicted molar refractivity (Wildman–Crippen MR) is 108 cm³/mol. The molecule has 1 aliphatic heterocycles. The summed E-state index contributed by atoms with van der Waals surface area (Å²) >= 11 is 2.14. The summed E-state index contributed by atoms with van der Waals surface area (Å²) < 4.78 is 9.79. The molecule has 0 radical (unpaired) electrons. The van der Waals surface area contributed by atoms with Crippen LogP contribution >= 0.6 is 23.5 Å². The molecule has 0 aliphatic carbocycles. The van der Waals surface area contributed by atoms with Gasteiger partial charge in [0.15, 0.2) is 0 Å². The van der Waals surface area contributed by atoms with Crippen LogP contribution in [0.2, 0.25) is 0 Å². The number of hydrogen-bond donors (Lipinski definition) is 0. The number of carbonyl (C=O) groups excluding carboxylic acids is 1. The van der Waals surface area contributed by atoms with Crippen LogP contribution in [-0.2, 0) is 9.57 Å². The van der Waals surface area contributed by atoms with Gasteiger partial charge in [-0.15, -0.1) is 22.8 Å². The standard InChI is InChI=1S/C17H24N4O4S2/c1-6-8-24-21(27-19-23)13-11-20(16(22)25-17(3,4)5)10-12(2)14(13)15-18-7-9-26-15/h6-7,9,13H,1,8,10-11H2,2-5H3. The topological polar surface area (TPSA) is 84.3 Å². The maximum Gasteiger partial charge on any atom is 0.410 e. The molecular weight excluding hydrogens is 388 g/mol. The molecule has 0 aromatic carbocycles. The zero-order chi connectivity index (χ0) is 20.0. The molecule has 0 saturated heterocycles. The molecule has 1 atom stereocenters. The molecule has 1 aliphatic rings. The first-order chi connectivity index (χ1) is 12.8. The minimum Gasteiger partial charge on any atom is -0.444 e. The molecule has 1 aromatic rings. The normalized spacial score (nSPS) is 18.0. The van der Waals surface area contributed by atoms with Crippen molar-refractivity contribution in [3.8, 4) is 0 Å². The highest BCUT2D eigenvalue weighted by Gasteiger charge is 2.37. The summed E-state index contributed by atoms with van der Waals surface area (Å²) in [6, 6.07) is -0.430. The van der Waals surface area contributed by atoms with Gasteiger partial charge >= 0.3 is 6.09 Å². The fourth-order valence-corrected chi connectivity index (χ4v) is 3.94. The van der Waals surface area contributed by atoms with Crippen molar-refractivity contribution >= 4 is 35.1 Å². The van der Waals surface area contributed by atoms with Crippen LogP contribution in [0.5, 0.6) is 0 Å². The van der Waals surface area contributed by atoms with E-state index in [1.54, 1.807) is 17.2 Å². The molecule has 2 rings (SSSR count). The van der Waals surface area contributed by atoms with E-state index in [1.807, 2.05) is 33.1 Å². The minimum absolute atomic E-state index is 0.204. The van der Waals surface area contributed by atoms with Crippen molar-refractivity contribution in [3.63, 3.8) is 0 Å². The van der Waals surface area contributed by atoms with Crippen LogP contribution in [0.4, 0.5) is 4.79 Å². The summed E-state index contributed by atoms with van der Waals surface area (Å²) in [7, 11) is 0. The number of carbonyl (C=O) groups is 1. The third-order valence-electron chi connectivity index (χ3n) is 3.62. The average molecular weight is 413 g/mol. The smallest absolute Gasteiger partial charge is 0.410 e. The summed E-state index contributed by atoms with van der Waals surface area (Å²) in [5, 5.41) is 2.70. The number of hydroxylamine groups is 1. The maximum atomic E-state index is 12.6. The number of aromatic nitrogens is 1. The van der Waals surface area contributed by atoms with Crippen LogP contribution in [0.15, 0.2) is 34.4 Å². The van der Waals surface area contributed by atoms with Gasteiger partial charge in [-0.2, -0.15) is 0 Å². The molecule has 0 spiro atoms. The Morgan fingerprint density at radius 3 is 2.89 bits per heavy atom. The van der Waals surface area contributed by atoms with Crippen molar-refractivity contribution < 1.29 is 14.4 Å². The van der Waals surface area contributed by atoms with Gasteiger partial charge in [0.25, 0.3) is 0 Å². The average Bonchev–Trinajstić information content (AvgIpc) is 3.10. The monoisotopic (exact) mass is 412 g/mol. The summed E-state index contributed by atoms with van der Waals surface area (Å²) in [4.78, 5) is 35.1. The van der Waals surface area contributed by atoms with Crippen molar-refractivity contribution in [2.24, 2.45) is 4.58 Å². The number of thiazole rings is 1. The zero-order valence-corrected chi connectivity index (χ0v) is 17.5. The summed E-state index contributed by atoms with van der Waals surface area (Å²) in [6.45, 7) is 11.9. The van der Waals surface area contributed by atoms with E-state index in [0.717, 1.165) is 16.2 Å². The molecule has 10 heteroatoms. The second-order valence-electron chi connectivity index (χ2n) is 6.93. The van der Waals surface area contributed by atoms with E-state index in [4.69, 9.17) is 9.57 Å². The Bertz CT molecular complexity index is 700. The zero-order valence-electron chi connectivity index (χ0n) is 15.9. The largest absolute Gasteiger partial charge is 0.444 e. The second-order valence-corrected chi connectivity index (χ2v) is 8.50. The SMILES string of the molecule is C=CCON(SN=O)C1CN(C(=O)OC(C)(C)C)CC(C)=C1c1nccs1. The van der Waals surface area contributed by atoms with E-state index >= 15 is 0 Å². The third-order valence-corrected chi connectivity index (χ3v) is 5.01. The van der Waals surface area contributed by atoms with E-state index < -0.39 is 17.7 Å². The number of amides is 1. The van der Waals surface area contributed by atoms with Crippen LogP contribution in [0.3, 0.4) is 0 Å². The fourth-order valence-electron chi connectivity index (χ4n) is 2.67. The molecule has 1 unspecified atom stereocenters. The Hall–Kier alpha value is -1.75. The van der Waals surface area contributed by atoms with Crippen LogP contribution in [0.1, 0.15) is 32.7 Å². The molecule has 27 heavy (non-hydrogen) atoms. The van der Waals surface area contributed by atoms with Gasteiger partial charge in [0.05, 0.1) is 12.6 Å². The number of rotatable bonds is 7. The van der Waals surface area contributed by atoms with Gasteiger partial charge in [-0.25, -0.2) is 9.78 Å². The van der Waals surface area contributed by atoms with Gasteiger partial charge in [-0.1, -0.05) is 10.5 Å². The van der Waals surface area contributed by atoms with Gasteiger partial charge in [-0.3, -0.25) is 4.84 Å². The van der Waals surface area contributed by atoms with Crippen molar-refractivity contribution in [2.75, 3.05) is 19.7 Å². The fraction of sp³-hybridized carbons (Fsp3) is 0.529. The summed E-state index contributed by atoms with van der Waals surface area (Å²) in [5.41, 5.74) is 1.27. The van der Waals surface area contributed by atoms with Crippen LogP contribution in [0, 0.1) is 4.91 Å². The van der Waals surface area contributed by atoms with Crippen molar-refractivity contribution in [1.82, 2.24) is 14.4 Å². The lowest BCUT2D eigenvalue weighted by Gasteiger charge is -2.38. The van der Waals surface area contributed by atoms with Gasteiger partial charge < -0.3 is 9.64 Å². The minimum atomic E-state index is -0.599. The molecule has 0 bridgehead atoms. The van der Waals surface area contributed by atoms with Gasteiger partial charge in [0, 0.05) is 34.8 Å². The number of nitroso groups, excluding NO2 is 1. The van der Waals surface area contributed by atoms with Gasteiger partial charge in [0.1, 0.15) is 22.7 Å². The van der Waals surface area contributed by atoms with Crippen molar-refractivity contribution in [3.05, 3.63) is 39.7 Å². The van der Waals surface area contributed by atoms with Crippen molar-refractivity contribution in [1.29, 1.82) is 0 Å². The third kappa shape index (κ3) is 5.86. The highest BCUT2D eigenvalue weighted by atomic mass is 32.2. The molecule has 0 saturated carbocycles. The highest BCUT2D eigenvalue weighted by molar-refractivity contribution is 7.95. The lowest BCUT2D eigenvalue weighted by Crippen LogP contribution is -2.49. The lowest BCUT2D eigenvalue weighted by molar-refractivity contribution is -0.0829. The first-order valence-electron chi connectivity index (χ1n) is 8.37. The molecule has 0 fully saturated rings. The Balaban J connectivity index is 2.37. The van der Waals surface area contributed by atoms with Crippen LogP contribution in [0.25, 0.3) is 5.57 Å². The first kappa shape index (κ1) is 21.5. The predicted octanol–water partition coefficient (Wildman–Crippen LogP) is 4.29. The molecule has 148 valence electrons. The van der Waals surface area contributed by atoms with Crippen LogP contribution in [-0.4, -0.2) is 51.8 Å². The molecule has 1 amide bonds. The maximum absolute atomic E-state index is 12.6. The Labute approximate surface area is 167 Å². The molecular formula is C17H24N4O4S2. The molecule has 8 nitrogen and oxygen atoms in total. The number of nitrogens with zero attached hydrogens (tertiary/aromatic N) is 4. The molecule has 1 aromatic heterocycles. The highest BCUT2D eigenvalue weighted by Crippen LogP contribution is 2.35. The van der Waals surface area contributed by atoms with Gasteiger partial charge in [-0.05, 0) is 33.3 Å². The Kier molecular flexibility index (Phi) is 7.54. The van der Waals surface area contributed by atoms with Gasteiger partial charge in [0.2, 0.25) is 0 Å². The Morgan fingerprint density at radius 2 is 2.33 bits per heavy atom. The molecule has 2 heterocycles. The van der Waals surface area contributed by atoms with E-state index in [0.29, 0.717) is 18.7 Å². The van der Waals surface area contributed by atoms with E-state index in [9.17, 15) is 9.70 Å². The summed E-state index contributed by atoms with van der Waals surface area (Å²) in [5.74, 6) is 0. The van der Waals surface area contributed by atoms with Crippen molar-refractivity contribution in [2.45, 2.75) is 39.3 Å². The number of ether oxygens (including phenoxy) is 1. The second kappa shape index (κ2) is 9.45. The summed E-state index contributed by atoms with van der Waals surface area (Å²) in [6.07, 6.45) is 2.88. The van der Waals surface area contributed by atoms with E-state index in [-0.39, 0.29) is 13.2 Å². The van der Waals surface area contributed by atoms with Crippen LogP contribution < -0.4 is 0 Å². The lowest BCUT2D eigenvalue weighted by atomic mass is 9.97. The first-order valence-corrected chi connectivity index (χ1v) is 9.98. The van der Waals surface area contributed by atoms with E-state index in [2.05, 4.69) is 16.1 Å². The van der Waals surface area contributed by atoms with E-state index in [1.165, 1.54) is 15.8 Å². The quantitative estimate of drug-likeness (QED) is 0.286. The molecule has 0 N–H and O–H groups in total. The Morgan fingerprint density at radius 1 is 1.59 bits per heavy atom.